The number of carbonyl (C=O) groups excluding carboxylic acids is 1. The predicted octanol–water partition coefficient (Wildman–Crippen LogP) is 3.42. The zero-order valence-corrected chi connectivity index (χ0v) is 13.6. The maximum atomic E-state index is 12.8. The van der Waals surface area contributed by atoms with Crippen molar-refractivity contribution in [3.05, 3.63) is 24.0 Å². The third kappa shape index (κ3) is 2.60. The van der Waals surface area contributed by atoms with E-state index in [1.165, 1.54) is 6.42 Å². The van der Waals surface area contributed by atoms with Gasteiger partial charge < -0.3 is 4.90 Å². The monoisotopic (exact) mass is 300 g/mol. The van der Waals surface area contributed by atoms with Crippen molar-refractivity contribution in [1.82, 2.24) is 19.7 Å². The van der Waals surface area contributed by atoms with Gasteiger partial charge in [-0.1, -0.05) is 6.92 Å². The molecule has 0 N–H and O–H groups in total. The average Bonchev–Trinajstić information content (AvgIpc) is 2.97. The summed E-state index contributed by atoms with van der Waals surface area (Å²) in [6.07, 6.45) is 7.96. The summed E-state index contributed by atoms with van der Waals surface area (Å²) in [5, 5.41) is 5.30. The number of nitrogens with zero attached hydrogens (tertiary/aromatic N) is 4. The molecule has 5 heteroatoms. The van der Waals surface area contributed by atoms with Crippen molar-refractivity contribution in [3.63, 3.8) is 0 Å². The van der Waals surface area contributed by atoms with Gasteiger partial charge in [-0.3, -0.25) is 4.79 Å². The maximum Gasteiger partial charge on any atom is 0.255 e. The molecule has 1 aliphatic heterocycles. The van der Waals surface area contributed by atoms with Crippen LogP contribution in [0.2, 0.25) is 0 Å². The molecular formula is C17H24N4O. The van der Waals surface area contributed by atoms with E-state index >= 15 is 0 Å². The zero-order chi connectivity index (χ0) is 15.7. The van der Waals surface area contributed by atoms with Crippen molar-refractivity contribution in [2.45, 2.75) is 58.5 Å². The normalized spacial score (nSPS) is 19.1. The van der Waals surface area contributed by atoms with E-state index in [0.29, 0.717) is 11.6 Å². The molecule has 0 saturated carbocycles. The van der Waals surface area contributed by atoms with E-state index < -0.39 is 0 Å². The molecule has 118 valence electrons. The first kappa shape index (κ1) is 15.0. The molecule has 5 nitrogen and oxygen atoms in total. The van der Waals surface area contributed by atoms with Crippen LogP contribution in [0.5, 0.6) is 0 Å². The number of aromatic nitrogens is 3. The van der Waals surface area contributed by atoms with Crippen molar-refractivity contribution in [2.75, 3.05) is 6.54 Å². The van der Waals surface area contributed by atoms with Crippen LogP contribution in [0.4, 0.5) is 0 Å². The molecule has 2 aromatic heterocycles. The molecule has 0 bridgehead atoms. The van der Waals surface area contributed by atoms with Crippen LogP contribution in [0, 0.1) is 0 Å². The summed E-state index contributed by atoms with van der Waals surface area (Å²) < 4.78 is 1.89. The van der Waals surface area contributed by atoms with Crippen LogP contribution in [0.15, 0.2) is 18.5 Å². The lowest BCUT2D eigenvalue weighted by Gasteiger charge is -2.35. The first-order valence-electron chi connectivity index (χ1n) is 8.26. The van der Waals surface area contributed by atoms with Crippen LogP contribution in [-0.4, -0.2) is 38.2 Å². The molecule has 2 aromatic rings. The molecule has 1 amide bonds. The summed E-state index contributed by atoms with van der Waals surface area (Å²) in [5.74, 6) is 0.109. The van der Waals surface area contributed by atoms with E-state index in [9.17, 15) is 4.79 Å². The number of piperidine rings is 1. The standard InChI is InChI=1S/C17H24N4O/c1-4-15-7-5-6-8-20(15)17(22)14-9-13-11-19-21(12(2)3)16(13)18-10-14/h9-12,15H,4-8H2,1-3H3. The SMILES string of the molecule is CCC1CCCCN1C(=O)c1cnc2c(cnn2C(C)C)c1. The number of hydrogen-bond acceptors (Lipinski definition) is 3. The van der Waals surface area contributed by atoms with Crippen molar-refractivity contribution in [2.24, 2.45) is 0 Å². The van der Waals surface area contributed by atoms with Gasteiger partial charge in [0.2, 0.25) is 0 Å². The molecule has 3 heterocycles. The Morgan fingerprint density at radius 3 is 2.91 bits per heavy atom. The number of pyridine rings is 1. The molecule has 0 spiro atoms. The molecule has 0 radical (unpaired) electrons. The smallest absolute Gasteiger partial charge is 0.255 e. The van der Waals surface area contributed by atoms with Gasteiger partial charge in [-0.25, -0.2) is 9.67 Å². The van der Waals surface area contributed by atoms with Crippen LogP contribution >= 0.6 is 0 Å². The molecule has 22 heavy (non-hydrogen) atoms. The van der Waals surface area contributed by atoms with Crippen LogP contribution in [0.1, 0.15) is 62.9 Å². The van der Waals surface area contributed by atoms with Gasteiger partial charge >= 0.3 is 0 Å². The second-order valence-corrected chi connectivity index (χ2v) is 6.38. The van der Waals surface area contributed by atoms with E-state index in [-0.39, 0.29) is 11.9 Å². The van der Waals surface area contributed by atoms with Gasteiger partial charge in [-0.2, -0.15) is 5.10 Å². The van der Waals surface area contributed by atoms with Gasteiger partial charge in [0.25, 0.3) is 5.91 Å². The third-order valence-corrected chi connectivity index (χ3v) is 4.53. The van der Waals surface area contributed by atoms with Crippen LogP contribution < -0.4 is 0 Å². The first-order valence-corrected chi connectivity index (χ1v) is 8.26. The van der Waals surface area contributed by atoms with Gasteiger partial charge in [-0.15, -0.1) is 0 Å². The minimum absolute atomic E-state index is 0.109. The average molecular weight is 300 g/mol. The molecule has 1 unspecified atom stereocenters. The lowest BCUT2D eigenvalue weighted by Crippen LogP contribution is -2.43. The highest BCUT2D eigenvalue weighted by Gasteiger charge is 2.26. The van der Waals surface area contributed by atoms with Crippen LogP contribution in [0.3, 0.4) is 0 Å². The Hall–Kier alpha value is -1.91. The van der Waals surface area contributed by atoms with Gasteiger partial charge in [-0.05, 0) is 45.6 Å². The molecule has 1 aliphatic rings. The summed E-state index contributed by atoms with van der Waals surface area (Å²) in [6, 6.07) is 2.56. The van der Waals surface area contributed by atoms with Gasteiger partial charge in [0.15, 0.2) is 5.65 Å². The highest BCUT2D eigenvalue weighted by atomic mass is 16.2. The van der Waals surface area contributed by atoms with Crippen molar-refractivity contribution < 1.29 is 4.79 Å². The Labute approximate surface area is 131 Å². The minimum atomic E-state index is 0.109. The fraction of sp³-hybridized carbons (Fsp3) is 0.588. The minimum Gasteiger partial charge on any atom is -0.336 e. The van der Waals surface area contributed by atoms with E-state index in [4.69, 9.17) is 0 Å². The Morgan fingerprint density at radius 1 is 1.36 bits per heavy atom. The molecule has 0 aromatic carbocycles. The number of rotatable bonds is 3. The van der Waals surface area contributed by atoms with Gasteiger partial charge in [0, 0.05) is 30.2 Å². The summed E-state index contributed by atoms with van der Waals surface area (Å²) in [4.78, 5) is 19.3. The molecule has 1 saturated heterocycles. The zero-order valence-electron chi connectivity index (χ0n) is 13.6. The van der Waals surface area contributed by atoms with Crippen LogP contribution in [0.25, 0.3) is 11.0 Å². The van der Waals surface area contributed by atoms with E-state index in [2.05, 4.69) is 30.9 Å². The largest absolute Gasteiger partial charge is 0.336 e. The van der Waals surface area contributed by atoms with Crippen molar-refractivity contribution in [3.8, 4) is 0 Å². The summed E-state index contributed by atoms with van der Waals surface area (Å²) >= 11 is 0. The quantitative estimate of drug-likeness (QED) is 0.872. The van der Waals surface area contributed by atoms with E-state index in [1.54, 1.807) is 12.4 Å². The second-order valence-electron chi connectivity index (χ2n) is 6.38. The maximum absolute atomic E-state index is 12.8. The fourth-order valence-corrected chi connectivity index (χ4v) is 3.29. The summed E-state index contributed by atoms with van der Waals surface area (Å²) in [6.45, 7) is 7.17. The first-order chi connectivity index (χ1) is 10.6. The third-order valence-electron chi connectivity index (χ3n) is 4.53. The summed E-state index contributed by atoms with van der Waals surface area (Å²) in [7, 11) is 0. The molecule has 1 fully saturated rings. The van der Waals surface area contributed by atoms with Gasteiger partial charge in [0.05, 0.1) is 11.8 Å². The molecule has 3 rings (SSSR count). The Morgan fingerprint density at radius 2 is 2.18 bits per heavy atom. The van der Waals surface area contributed by atoms with Gasteiger partial charge in [0.1, 0.15) is 0 Å². The Bertz CT molecular complexity index is 676. The number of carbonyl (C=O) groups is 1. The highest BCUT2D eigenvalue weighted by Crippen LogP contribution is 2.23. The molecule has 1 atom stereocenters. The molecular weight excluding hydrogens is 276 g/mol. The topological polar surface area (TPSA) is 51.0 Å². The number of likely N-dealkylation sites (tertiary alicyclic amines) is 1. The lowest BCUT2D eigenvalue weighted by atomic mass is 9.99. The Kier molecular flexibility index (Phi) is 4.14. The predicted molar refractivity (Wildman–Crippen MR) is 86.9 cm³/mol. The number of fused-ring (bicyclic) bond motifs is 1. The lowest BCUT2D eigenvalue weighted by molar-refractivity contribution is 0.0608. The van der Waals surface area contributed by atoms with Crippen LogP contribution in [-0.2, 0) is 0 Å². The van der Waals surface area contributed by atoms with Crippen molar-refractivity contribution in [1.29, 1.82) is 0 Å². The Balaban J connectivity index is 1.91. The molecule has 0 aliphatic carbocycles. The number of hydrogen-bond donors (Lipinski definition) is 0. The van der Waals surface area contributed by atoms with Crippen molar-refractivity contribution >= 4 is 16.9 Å². The number of amides is 1. The van der Waals surface area contributed by atoms with E-state index in [0.717, 1.165) is 36.8 Å². The highest BCUT2D eigenvalue weighted by molar-refractivity contribution is 5.97. The summed E-state index contributed by atoms with van der Waals surface area (Å²) in [5.41, 5.74) is 1.52. The van der Waals surface area contributed by atoms with E-state index in [1.807, 2.05) is 15.6 Å². The fourth-order valence-electron chi connectivity index (χ4n) is 3.29. The second kappa shape index (κ2) is 6.07.